The van der Waals surface area contributed by atoms with Crippen LogP contribution in [0.4, 0.5) is 11.6 Å². The average Bonchev–Trinajstić information content (AvgIpc) is 2.42. The summed E-state index contributed by atoms with van der Waals surface area (Å²) < 4.78 is 0. The fourth-order valence-electron chi connectivity index (χ4n) is 1.51. The van der Waals surface area contributed by atoms with Crippen molar-refractivity contribution in [1.29, 1.82) is 0 Å². The summed E-state index contributed by atoms with van der Waals surface area (Å²) in [6.45, 7) is 5.98. The lowest BCUT2D eigenvalue weighted by Crippen LogP contribution is -2.37. The number of likely N-dealkylation sites (N-methyl/N-ethyl adjacent to an activating group) is 2. The summed E-state index contributed by atoms with van der Waals surface area (Å²) in [6.07, 6.45) is 4.41. The van der Waals surface area contributed by atoms with Crippen LogP contribution in [0.2, 0.25) is 0 Å². The third-order valence-electron chi connectivity index (χ3n) is 2.71. The lowest BCUT2D eigenvalue weighted by Gasteiger charge is -2.23. The molecule has 1 amide bonds. The smallest absolute Gasteiger partial charge is 0.241 e. The van der Waals surface area contributed by atoms with Crippen LogP contribution < -0.4 is 10.2 Å². The van der Waals surface area contributed by atoms with E-state index in [1.165, 1.54) is 0 Å². The normalized spacial score (nSPS) is 10.1. The molecule has 0 aliphatic carbocycles. The van der Waals surface area contributed by atoms with Gasteiger partial charge in [-0.3, -0.25) is 9.78 Å². The molecule has 1 N–H and O–H groups in total. The molecule has 106 valence electrons. The van der Waals surface area contributed by atoms with Crippen molar-refractivity contribution in [2.45, 2.75) is 20.3 Å². The van der Waals surface area contributed by atoms with E-state index in [0.29, 0.717) is 13.1 Å². The van der Waals surface area contributed by atoms with Gasteiger partial charge in [-0.2, -0.15) is 0 Å². The second-order valence-electron chi connectivity index (χ2n) is 4.49. The highest BCUT2D eigenvalue weighted by atomic mass is 16.2. The Morgan fingerprint density at radius 3 is 2.63 bits per heavy atom. The van der Waals surface area contributed by atoms with Gasteiger partial charge in [0, 0.05) is 27.2 Å². The Hall–Kier alpha value is -1.85. The first-order valence-corrected chi connectivity index (χ1v) is 6.59. The second kappa shape index (κ2) is 7.56. The molecule has 0 aliphatic rings. The second-order valence-corrected chi connectivity index (χ2v) is 4.49. The monoisotopic (exact) mass is 265 g/mol. The van der Waals surface area contributed by atoms with Crippen molar-refractivity contribution in [3.8, 4) is 0 Å². The van der Waals surface area contributed by atoms with Crippen LogP contribution in [0.5, 0.6) is 0 Å². The molecule has 0 saturated heterocycles. The number of hydrogen-bond donors (Lipinski definition) is 1. The zero-order valence-electron chi connectivity index (χ0n) is 12.2. The molecule has 6 nitrogen and oxygen atoms in total. The maximum atomic E-state index is 11.8. The predicted octanol–water partition coefficient (Wildman–Crippen LogP) is 1.21. The van der Waals surface area contributed by atoms with Gasteiger partial charge in [0.1, 0.15) is 11.6 Å². The quantitative estimate of drug-likeness (QED) is 0.803. The number of aromatic nitrogens is 2. The summed E-state index contributed by atoms with van der Waals surface area (Å²) in [5.41, 5.74) is 0. The molecular formula is C13H23N5O. The molecule has 0 saturated carbocycles. The third kappa shape index (κ3) is 4.73. The highest BCUT2D eigenvalue weighted by molar-refractivity contribution is 5.80. The number of amides is 1. The summed E-state index contributed by atoms with van der Waals surface area (Å²) in [4.78, 5) is 23.9. The standard InChI is InChI=1S/C13H23N5O/c1-5-7-15-11-8-14-9-12(16-11)18(6-2)10-13(19)17(3)4/h8-9H,5-7,10H2,1-4H3,(H,15,16). The Morgan fingerprint density at radius 2 is 2.05 bits per heavy atom. The Kier molecular flexibility index (Phi) is 6.05. The van der Waals surface area contributed by atoms with Crippen molar-refractivity contribution in [3.63, 3.8) is 0 Å². The maximum Gasteiger partial charge on any atom is 0.241 e. The van der Waals surface area contributed by atoms with Gasteiger partial charge in [0.25, 0.3) is 0 Å². The van der Waals surface area contributed by atoms with E-state index in [2.05, 4.69) is 22.2 Å². The Morgan fingerprint density at radius 1 is 1.32 bits per heavy atom. The molecule has 0 atom stereocenters. The number of rotatable bonds is 7. The van der Waals surface area contributed by atoms with Crippen LogP contribution in [0.3, 0.4) is 0 Å². The minimum atomic E-state index is 0.0515. The summed E-state index contributed by atoms with van der Waals surface area (Å²) in [5, 5.41) is 3.19. The van der Waals surface area contributed by atoms with E-state index in [4.69, 9.17) is 0 Å². The number of carbonyl (C=O) groups excluding carboxylic acids is 1. The van der Waals surface area contributed by atoms with Gasteiger partial charge in [-0.05, 0) is 13.3 Å². The van der Waals surface area contributed by atoms with Crippen LogP contribution in [-0.2, 0) is 4.79 Å². The average molecular weight is 265 g/mol. The largest absolute Gasteiger partial charge is 0.369 e. The topological polar surface area (TPSA) is 61.4 Å². The van der Waals surface area contributed by atoms with Crippen LogP contribution in [0, 0.1) is 0 Å². The molecule has 0 bridgehead atoms. The molecular weight excluding hydrogens is 242 g/mol. The van der Waals surface area contributed by atoms with E-state index >= 15 is 0 Å². The van der Waals surface area contributed by atoms with Crippen molar-refractivity contribution in [2.75, 3.05) is 43.9 Å². The minimum absolute atomic E-state index is 0.0515. The van der Waals surface area contributed by atoms with Crippen LogP contribution in [-0.4, -0.2) is 54.5 Å². The molecule has 19 heavy (non-hydrogen) atoms. The number of nitrogens with one attached hydrogen (secondary N) is 1. The predicted molar refractivity (Wildman–Crippen MR) is 77.4 cm³/mol. The summed E-state index contributed by atoms with van der Waals surface area (Å²) in [5.74, 6) is 1.52. The molecule has 1 aromatic heterocycles. The van der Waals surface area contributed by atoms with E-state index in [-0.39, 0.29) is 5.91 Å². The van der Waals surface area contributed by atoms with Gasteiger partial charge >= 0.3 is 0 Å². The molecule has 0 aromatic carbocycles. The Bertz CT molecular complexity index is 408. The van der Waals surface area contributed by atoms with Crippen molar-refractivity contribution in [1.82, 2.24) is 14.9 Å². The minimum Gasteiger partial charge on any atom is -0.369 e. The van der Waals surface area contributed by atoms with Crippen molar-refractivity contribution in [2.24, 2.45) is 0 Å². The fourth-order valence-corrected chi connectivity index (χ4v) is 1.51. The van der Waals surface area contributed by atoms with Gasteiger partial charge in [-0.1, -0.05) is 6.92 Å². The van der Waals surface area contributed by atoms with E-state index in [9.17, 15) is 4.79 Å². The Labute approximate surface area is 114 Å². The first kappa shape index (κ1) is 15.2. The van der Waals surface area contributed by atoms with E-state index < -0.39 is 0 Å². The molecule has 0 fully saturated rings. The number of anilines is 2. The zero-order valence-corrected chi connectivity index (χ0v) is 12.2. The van der Waals surface area contributed by atoms with Gasteiger partial charge < -0.3 is 15.1 Å². The van der Waals surface area contributed by atoms with Crippen LogP contribution in [0.15, 0.2) is 12.4 Å². The van der Waals surface area contributed by atoms with Crippen molar-refractivity contribution < 1.29 is 4.79 Å². The SMILES string of the molecule is CCCNc1cncc(N(CC)CC(=O)N(C)C)n1. The Balaban J connectivity index is 2.77. The molecule has 0 aliphatic heterocycles. The van der Waals surface area contributed by atoms with Gasteiger partial charge in [-0.15, -0.1) is 0 Å². The molecule has 6 heteroatoms. The molecule has 0 radical (unpaired) electrons. The molecule has 1 rings (SSSR count). The summed E-state index contributed by atoms with van der Waals surface area (Å²) in [6, 6.07) is 0. The van der Waals surface area contributed by atoms with E-state index in [0.717, 1.165) is 24.6 Å². The van der Waals surface area contributed by atoms with Crippen LogP contribution in [0.1, 0.15) is 20.3 Å². The van der Waals surface area contributed by atoms with Crippen LogP contribution >= 0.6 is 0 Å². The molecule has 0 unspecified atom stereocenters. The lowest BCUT2D eigenvalue weighted by molar-refractivity contribution is -0.127. The molecule has 0 spiro atoms. The van der Waals surface area contributed by atoms with Gasteiger partial charge in [-0.25, -0.2) is 4.98 Å². The van der Waals surface area contributed by atoms with Gasteiger partial charge in [0.15, 0.2) is 0 Å². The van der Waals surface area contributed by atoms with E-state index in [1.807, 2.05) is 11.8 Å². The first-order chi connectivity index (χ1) is 9.08. The number of carbonyl (C=O) groups is 1. The third-order valence-corrected chi connectivity index (χ3v) is 2.71. The summed E-state index contributed by atoms with van der Waals surface area (Å²) >= 11 is 0. The van der Waals surface area contributed by atoms with E-state index in [1.54, 1.807) is 31.4 Å². The fraction of sp³-hybridized carbons (Fsp3) is 0.615. The summed E-state index contributed by atoms with van der Waals surface area (Å²) in [7, 11) is 3.50. The van der Waals surface area contributed by atoms with Gasteiger partial charge in [0.05, 0.1) is 18.9 Å². The van der Waals surface area contributed by atoms with Crippen molar-refractivity contribution in [3.05, 3.63) is 12.4 Å². The highest BCUT2D eigenvalue weighted by Crippen LogP contribution is 2.12. The van der Waals surface area contributed by atoms with Gasteiger partial charge in [0.2, 0.25) is 5.91 Å². The number of nitrogens with zero attached hydrogens (tertiary/aromatic N) is 4. The van der Waals surface area contributed by atoms with Crippen molar-refractivity contribution >= 4 is 17.5 Å². The highest BCUT2D eigenvalue weighted by Gasteiger charge is 2.13. The molecule has 1 aromatic rings. The molecule has 1 heterocycles. The first-order valence-electron chi connectivity index (χ1n) is 6.59. The zero-order chi connectivity index (χ0) is 14.3. The maximum absolute atomic E-state index is 11.8. The number of hydrogen-bond acceptors (Lipinski definition) is 5. The van der Waals surface area contributed by atoms with Crippen LogP contribution in [0.25, 0.3) is 0 Å². The lowest BCUT2D eigenvalue weighted by atomic mass is 10.4.